The number of likely N-dealkylation sites (tertiary alicyclic amines) is 1. The molecule has 0 saturated carbocycles. The molecular weight excluding hydrogens is 420 g/mol. The first kappa shape index (κ1) is 22.9. The van der Waals surface area contributed by atoms with Gasteiger partial charge in [-0.3, -0.25) is 14.5 Å². The molecule has 1 saturated heterocycles. The van der Waals surface area contributed by atoms with E-state index in [1.807, 2.05) is 42.2 Å². The molecular formula is C26H30N2O5. The van der Waals surface area contributed by atoms with Crippen LogP contribution in [-0.2, 0) is 16.1 Å². The minimum atomic E-state index is -0.306. The first-order valence-corrected chi connectivity index (χ1v) is 11.2. The van der Waals surface area contributed by atoms with Crippen molar-refractivity contribution in [3.8, 4) is 11.5 Å². The van der Waals surface area contributed by atoms with E-state index < -0.39 is 0 Å². The number of aliphatic hydroxyl groups excluding tert-OH is 1. The predicted molar refractivity (Wildman–Crippen MR) is 125 cm³/mol. The van der Waals surface area contributed by atoms with E-state index in [-0.39, 0.29) is 30.9 Å². The summed E-state index contributed by atoms with van der Waals surface area (Å²) in [6.07, 6.45) is 1.78. The number of ether oxygens (including phenoxy) is 2. The molecule has 0 aromatic heterocycles. The van der Waals surface area contributed by atoms with Crippen LogP contribution in [-0.4, -0.2) is 60.6 Å². The molecule has 0 aliphatic carbocycles. The number of methoxy groups -OCH3 is 2. The van der Waals surface area contributed by atoms with E-state index in [0.717, 1.165) is 29.5 Å². The summed E-state index contributed by atoms with van der Waals surface area (Å²) in [5, 5.41) is 9.69. The molecule has 2 amide bonds. The molecule has 2 heterocycles. The van der Waals surface area contributed by atoms with Gasteiger partial charge in [0.2, 0.25) is 0 Å². The predicted octanol–water partition coefficient (Wildman–Crippen LogP) is 3.00. The quantitative estimate of drug-likeness (QED) is 0.654. The van der Waals surface area contributed by atoms with E-state index in [4.69, 9.17) is 9.47 Å². The van der Waals surface area contributed by atoms with E-state index in [1.165, 1.54) is 4.90 Å². The van der Waals surface area contributed by atoms with Crippen molar-refractivity contribution in [2.75, 3.05) is 33.9 Å². The molecule has 1 unspecified atom stereocenters. The molecule has 0 bridgehead atoms. The van der Waals surface area contributed by atoms with Gasteiger partial charge < -0.3 is 19.5 Å². The summed E-state index contributed by atoms with van der Waals surface area (Å²) in [6, 6.07) is 13.1. The van der Waals surface area contributed by atoms with Gasteiger partial charge in [0.25, 0.3) is 11.8 Å². The highest BCUT2D eigenvalue weighted by Gasteiger charge is 2.42. The number of nitrogens with zero attached hydrogens (tertiary/aromatic N) is 2. The van der Waals surface area contributed by atoms with Crippen LogP contribution in [0.5, 0.6) is 11.5 Å². The fourth-order valence-electron chi connectivity index (χ4n) is 4.56. The number of amides is 2. The number of benzene rings is 2. The maximum atomic E-state index is 13.6. The molecule has 7 nitrogen and oxygen atoms in total. The zero-order valence-corrected chi connectivity index (χ0v) is 19.3. The maximum absolute atomic E-state index is 13.6. The Morgan fingerprint density at radius 2 is 1.73 bits per heavy atom. The Morgan fingerprint density at radius 1 is 1.00 bits per heavy atom. The minimum absolute atomic E-state index is 0.0706. The minimum Gasteiger partial charge on any atom is -0.493 e. The number of carbonyl (C=O) groups excluding carboxylic acids is 2. The third-order valence-electron chi connectivity index (χ3n) is 6.37. The summed E-state index contributed by atoms with van der Waals surface area (Å²) in [7, 11) is 3.12. The number of hydrogen-bond acceptors (Lipinski definition) is 6. The Labute approximate surface area is 194 Å². The van der Waals surface area contributed by atoms with E-state index in [0.29, 0.717) is 35.9 Å². The lowest BCUT2D eigenvalue weighted by Gasteiger charge is -2.34. The number of imide groups is 1. The van der Waals surface area contributed by atoms with Gasteiger partial charge in [0.1, 0.15) is 5.70 Å². The van der Waals surface area contributed by atoms with Crippen LogP contribution >= 0.6 is 0 Å². The highest BCUT2D eigenvalue weighted by atomic mass is 16.5. The second-order valence-corrected chi connectivity index (χ2v) is 8.61. The highest BCUT2D eigenvalue weighted by molar-refractivity contribution is 6.35. The third-order valence-corrected chi connectivity index (χ3v) is 6.37. The van der Waals surface area contributed by atoms with Crippen LogP contribution in [0.4, 0.5) is 0 Å². The van der Waals surface area contributed by atoms with E-state index >= 15 is 0 Å². The average Bonchev–Trinajstić information content (AvgIpc) is 3.09. The molecule has 4 rings (SSSR count). The topological polar surface area (TPSA) is 79.3 Å². The number of hydrogen-bond donors (Lipinski definition) is 1. The summed E-state index contributed by atoms with van der Waals surface area (Å²) >= 11 is 0. The molecule has 174 valence electrons. The Kier molecular flexibility index (Phi) is 6.70. The lowest BCUT2D eigenvalue weighted by atomic mass is 9.96. The van der Waals surface area contributed by atoms with Crippen molar-refractivity contribution in [3.05, 3.63) is 64.9 Å². The number of carbonyl (C=O) groups is 2. The van der Waals surface area contributed by atoms with Crippen molar-refractivity contribution in [1.82, 2.24) is 9.80 Å². The molecule has 0 spiro atoms. The van der Waals surface area contributed by atoms with Gasteiger partial charge in [-0.1, -0.05) is 35.9 Å². The van der Waals surface area contributed by atoms with Crippen LogP contribution in [0.15, 0.2) is 48.2 Å². The first-order valence-electron chi connectivity index (χ1n) is 11.2. The third kappa shape index (κ3) is 4.46. The van der Waals surface area contributed by atoms with Crippen LogP contribution in [0.25, 0.3) is 5.57 Å². The van der Waals surface area contributed by atoms with Crippen molar-refractivity contribution >= 4 is 17.4 Å². The fourth-order valence-corrected chi connectivity index (χ4v) is 4.56. The summed E-state index contributed by atoms with van der Waals surface area (Å²) in [5.74, 6) is 0.614. The van der Waals surface area contributed by atoms with Gasteiger partial charge in [0.15, 0.2) is 11.5 Å². The van der Waals surface area contributed by atoms with Crippen molar-refractivity contribution in [2.45, 2.75) is 26.3 Å². The second-order valence-electron chi connectivity index (χ2n) is 8.61. The number of aliphatic hydroxyl groups is 1. The summed E-state index contributed by atoms with van der Waals surface area (Å²) in [5.41, 5.74) is 3.44. The Morgan fingerprint density at radius 3 is 2.39 bits per heavy atom. The molecule has 1 atom stereocenters. The standard InChI is InChI=1S/C26H30N2O5/c1-17-6-9-20(10-7-17)23-24(27-12-4-5-19(14-27)16-29)26(31)28(25(23)30)15-18-8-11-21(32-2)22(13-18)33-3/h6-11,13,19,29H,4-5,12,14-16H2,1-3H3. The molecule has 1 N–H and O–H groups in total. The zero-order chi connectivity index (χ0) is 23.5. The van der Waals surface area contributed by atoms with Gasteiger partial charge in [0, 0.05) is 19.7 Å². The zero-order valence-electron chi connectivity index (χ0n) is 19.3. The number of rotatable bonds is 7. The van der Waals surface area contributed by atoms with Crippen molar-refractivity contribution in [2.24, 2.45) is 5.92 Å². The highest BCUT2D eigenvalue weighted by Crippen LogP contribution is 2.36. The lowest BCUT2D eigenvalue weighted by molar-refractivity contribution is -0.138. The average molecular weight is 451 g/mol. The van der Waals surface area contributed by atoms with E-state index in [9.17, 15) is 14.7 Å². The molecule has 2 aliphatic rings. The van der Waals surface area contributed by atoms with Crippen LogP contribution in [0.1, 0.15) is 29.5 Å². The van der Waals surface area contributed by atoms with Crippen molar-refractivity contribution in [3.63, 3.8) is 0 Å². The summed E-state index contributed by atoms with van der Waals surface area (Å²) in [4.78, 5) is 30.5. The van der Waals surface area contributed by atoms with Gasteiger partial charge in [-0.2, -0.15) is 0 Å². The van der Waals surface area contributed by atoms with E-state index in [1.54, 1.807) is 26.4 Å². The Hall–Kier alpha value is -3.32. The normalized spacial score (nSPS) is 18.8. The molecule has 1 fully saturated rings. The van der Waals surface area contributed by atoms with Crippen LogP contribution in [0.3, 0.4) is 0 Å². The van der Waals surface area contributed by atoms with Gasteiger partial charge in [-0.25, -0.2) is 0 Å². The van der Waals surface area contributed by atoms with Crippen LogP contribution < -0.4 is 9.47 Å². The van der Waals surface area contributed by atoms with Crippen molar-refractivity contribution < 1.29 is 24.2 Å². The van der Waals surface area contributed by atoms with Crippen LogP contribution in [0.2, 0.25) is 0 Å². The number of aryl methyl sites for hydroxylation is 1. The van der Waals surface area contributed by atoms with Crippen molar-refractivity contribution in [1.29, 1.82) is 0 Å². The molecule has 33 heavy (non-hydrogen) atoms. The lowest BCUT2D eigenvalue weighted by Crippen LogP contribution is -2.40. The van der Waals surface area contributed by atoms with Gasteiger partial charge in [-0.15, -0.1) is 0 Å². The SMILES string of the molecule is COc1ccc(CN2C(=O)C(c3ccc(C)cc3)=C(N3CCCC(CO)C3)C2=O)cc1OC. The molecule has 2 aromatic rings. The largest absolute Gasteiger partial charge is 0.493 e. The van der Waals surface area contributed by atoms with Gasteiger partial charge >= 0.3 is 0 Å². The Bertz CT molecular complexity index is 1080. The summed E-state index contributed by atoms with van der Waals surface area (Å²) < 4.78 is 10.7. The fraction of sp³-hybridized carbons (Fsp3) is 0.385. The maximum Gasteiger partial charge on any atom is 0.278 e. The second kappa shape index (κ2) is 9.67. The molecule has 2 aliphatic heterocycles. The Balaban J connectivity index is 1.71. The van der Waals surface area contributed by atoms with Gasteiger partial charge in [0.05, 0.1) is 26.3 Å². The van der Waals surface area contributed by atoms with Crippen LogP contribution in [0, 0.1) is 12.8 Å². The monoisotopic (exact) mass is 450 g/mol. The van der Waals surface area contributed by atoms with E-state index in [2.05, 4.69) is 0 Å². The number of piperidine rings is 1. The van der Waals surface area contributed by atoms with Gasteiger partial charge in [-0.05, 0) is 48.9 Å². The molecule has 0 radical (unpaired) electrons. The molecule has 7 heteroatoms. The first-order chi connectivity index (χ1) is 16.0. The smallest absolute Gasteiger partial charge is 0.278 e. The summed E-state index contributed by atoms with van der Waals surface area (Å²) in [6.45, 7) is 3.44. The molecule has 2 aromatic carbocycles.